The van der Waals surface area contributed by atoms with E-state index in [4.69, 9.17) is 15.2 Å². The van der Waals surface area contributed by atoms with Crippen LogP contribution in [0.2, 0.25) is 0 Å². The van der Waals surface area contributed by atoms with Crippen molar-refractivity contribution in [1.29, 1.82) is 0 Å². The first-order valence-corrected chi connectivity index (χ1v) is 6.13. The molecule has 1 aromatic carbocycles. The summed E-state index contributed by atoms with van der Waals surface area (Å²) in [7, 11) is 0. The molecule has 2 heterocycles. The first-order chi connectivity index (χ1) is 8.65. The normalized spacial score (nSPS) is 21.4. The molecule has 1 saturated heterocycles. The third-order valence-corrected chi connectivity index (χ3v) is 3.49. The summed E-state index contributed by atoms with van der Waals surface area (Å²) < 4.78 is 10.5. The van der Waals surface area contributed by atoms with Crippen molar-refractivity contribution in [1.82, 2.24) is 4.90 Å². The van der Waals surface area contributed by atoms with E-state index in [1.165, 1.54) is 0 Å². The number of nitrogens with two attached hydrogens (primary N) is 1. The van der Waals surface area contributed by atoms with Gasteiger partial charge in [-0.05, 0) is 18.4 Å². The van der Waals surface area contributed by atoms with Gasteiger partial charge in [0.15, 0.2) is 11.5 Å². The van der Waals surface area contributed by atoms with Crippen LogP contribution in [0.1, 0.15) is 23.7 Å². The maximum absolute atomic E-state index is 12.4. The third kappa shape index (κ3) is 1.75. The van der Waals surface area contributed by atoms with Crippen LogP contribution in [0.25, 0.3) is 0 Å². The number of hydrogen-bond donors (Lipinski definition) is 1. The van der Waals surface area contributed by atoms with Crippen molar-refractivity contribution in [3.05, 3.63) is 17.7 Å². The van der Waals surface area contributed by atoms with Crippen LogP contribution in [-0.4, -0.2) is 30.7 Å². The second-order valence-corrected chi connectivity index (χ2v) is 4.94. The molecule has 1 aromatic rings. The number of ether oxygens (including phenoxy) is 2. The molecule has 1 atom stereocenters. The maximum atomic E-state index is 12.4. The van der Waals surface area contributed by atoms with Crippen LogP contribution in [0.4, 0.5) is 5.69 Å². The molecule has 2 aliphatic rings. The largest absolute Gasteiger partial charge is 0.454 e. The zero-order chi connectivity index (χ0) is 12.7. The van der Waals surface area contributed by atoms with Crippen LogP contribution < -0.4 is 15.2 Å². The minimum absolute atomic E-state index is 0.0184. The van der Waals surface area contributed by atoms with E-state index >= 15 is 0 Å². The Morgan fingerprint density at radius 2 is 2.11 bits per heavy atom. The standard InChI is InChI=1S/C13H16N2O3/c1-8-2-3-15(6-8)13(16)9-4-11-12(5-10(9)14)18-7-17-11/h4-5,8H,2-3,6-7,14H2,1H3. The number of nitrogen functional groups attached to an aromatic ring is 1. The molecule has 5 nitrogen and oxygen atoms in total. The first-order valence-electron chi connectivity index (χ1n) is 6.13. The van der Waals surface area contributed by atoms with Crippen LogP contribution in [0.15, 0.2) is 12.1 Å². The molecule has 0 saturated carbocycles. The van der Waals surface area contributed by atoms with Crippen LogP contribution in [0.3, 0.4) is 0 Å². The second-order valence-electron chi connectivity index (χ2n) is 4.94. The predicted octanol–water partition coefficient (Wildman–Crippen LogP) is 1.48. The number of carbonyl (C=O) groups excluding carboxylic acids is 1. The summed E-state index contributed by atoms with van der Waals surface area (Å²) in [4.78, 5) is 14.2. The summed E-state index contributed by atoms with van der Waals surface area (Å²) in [6, 6.07) is 3.35. The van der Waals surface area contributed by atoms with Gasteiger partial charge < -0.3 is 20.1 Å². The molecule has 0 aliphatic carbocycles. The van der Waals surface area contributed by atoms with E-state index < -0.39 is 0 Å². The average molecular weight is 248 g/mol. The SMILES string of the molecule is CC1CCN(C(=O)c2cc3c(cc2N)OCO3)C1. The van der Waals surface area contributed by atoms with E-state index in [0.29, 0.717) is 28.7 Å². The van der Waals surface area contributed by atoms with E-state index in [9.17, 15) is 4.79 Å². The summed E-state index contributed by atoms with van der Waals surface area (Å²) in [5, 5.41) is 0. The lowest BCUT2D eigenvalue weighted by atomic mass is 10.1. The van der Waals surface area contributed by atoms with Gasteiger partial charge in [-0.1, -0.05) is 6.92 Å². The molecule has 18 heavy (non-hydrogen) atoms. The number of benzene rings is 1. The molecular formula is C13H16N2O3. The van der Waals surface area contributed by atoms with Crippen molar-refractivity contribution in [2.24, 2.45) is 5.92 Å². The van der Waals surface area contributed by atoms with Gasteiger partial charge in [0.05, 0.1) is 5.56 Å². The Balaban J connectivity index is 1.90. The lowest BCUT2D eigenvalue weighted by Gasteiger charge is -2.17. The molecule has 0 radical (unpaired) electrons. The van der Waals surface area contributed by atoms with E-state index in [2.05, 4.69) is 6.92 Å². The van der Waals surface area contributed by atoms with Crippen molar-refractivity contribution in [2.75, 3.05) is 25.6 Å². The van der Waals surface area contributed by atoms with Crippen LogP contribution in [0.5, 0.6) is 11.5 Å². The third-order valence-electron chi connectivity index (χ3n) is 3.49. The predicted molar refractivity (Wildman–Crippen MR) is 66.7 cm³/mol. The van der Waals surface area contributed by atoms with Gasteiger partial charge in [-0.2, -0.15) is 0 Å². The Labute approximate surface area is 105 Å². The highest BCUT2D eigenvalue weighted by atomic mass is 16.7. The average Bonchev–Trinajstić information content (AvgIpc) is 2.95. The van der Waals surface area contributed by atoms with E-state index in [1.54, 1.807) is 12.1 Å². The lowest BCUT2D eigenvalue weighted by Crippen LogP contribution is -2.29. The molecular weight excluding hydrogens is 232 g/mol. The van der Waals surface area contributed by atoms with Gasteiger partial charge in [0, 0.05) is 24.8 Å². The smallest absolute Gasteiger partial charge is 0.256 e. The van der Waals surface area contributed by atoms with Crippen LogP contribution in [-0.2, 0) is 0 Å². The van der Waals surface area contributed by atoms with E-state index in [0.717, 1.165) is 19.5 Å². The molecule has 0 spiro atoms. The quantitative estimate of drug-likeness (QED) is 0.764. The molecule has 3 rings (SSSR count). The molecule has 1 fully saturated rings. The topological polar surface area (TPSA) is 64.8 Å². The fraction of sp³-hybridized carbons (Fsp3) is 0.462. The molecule has 1 amide bonds. The van der Waals surface area contributed by atoms with Crippen molar-refractivity contribution < 1.29 is 14.3 Å². The molecule has 5 heteroatoms. The Morgan fingerprint density at radius 1 is 1.39 bits per heavy atom. The minimum atomic E-state index is -0.0184. The van der Waals surface area contributed by atoms with Gasteiger partial charge in [0.25, 0.3) is 5.91 Å². The zero-order valence-electron chi connectivity index (χ0n) is 10.3. The van der Waals surface area contributed by atoms with Crippen LogP contribution >= 0.6 is 0 Å². The Bertz CT molecular complexity index is 501. The Kier molecular flexibility index (Phi) is 2.54. The fourth-order valence-electron chi connectivity index (χ4n) is 2.43. The van der Waals surface area contributed by atoms with Gasteiger partial charge in [-0.15, -0.1) is 0 Å². The summed E-state index contributed by atoms with van der Waals surface area (Å²) in [5.74, 6) is 1.75. The first kappa shape index (κ1) is 11.2. The van der Waals surface area contributed by atoms with Gasteiger partial charge in [-0.3, -0.25) is 4.79 Å². The Hall–Kier alpha value is -1.91. The summed E-state index contributed by atoms with van der Waals surface area (Å²) in [6.07, 6.45) is 1.05. The maximum Gasteiger partial charge on any atom is 0.256 e. The highest BCUT2D eigenvalue weighted by Crippen LogP contribution is 2.36. The van der Waals surface area contributed by atoms with Crippen molar-refractivity contribution >= 4 is 11.6 Å². The number of anilines is 1. The van der Waals surface area contributed by atoms with Gasteiger partial charge >= 0.3 is 0 Å². The summed E-state index contributed by atoms with van der Waals surface area (Å²) in [5.41, 5.74) is 6.87. The van der Waals surface area contributed by atoms with Crippen molar-refractivity contribution in [3.8, 4) is 11.5 Å². The number of fused-ring (bicyclic) bond motifs is 1. The molecule has 1 unspecified atom stereocenters. The molecule has 0 bridgehead atoms. The number of amides is 1. The molecule has 96 valence electrons. The zero-order valence-corrected chi connectivity index (χ0v) is 10.3. The monoisotopic (exact) mass is 248 g/mol. The molecule has 0 aromatic heterocycles. The molecule has 2 aliphatic heterocycles. The summed E-state index contributed by atoms with van der Waals surface area (Å²) >= 11 is 0. The Morgan fingerprint density at radius 3 is 2.78 bits per heavy atom. The van der Waals surface area contributed by atoms with E-state index in [-0.39, 0.29) is 12.7 Å². The number of nitrogens with zero attached hydrogens (tertiary/aromatic N) is 1. The van der Waals surface area contributed by atoms with Gasteiger partial charge in [0.1, 0.15) is 0 Å². The minimum Gasteiger partial charge on any atom is -0.454 e. The number of rotatable bonds is 1. The highest BCUT2D eigenvalue weighted by molar-refractivity contribution is 6.00. The van der Waals surface area contributed by atoms with Gasteiger partial charge in [-0.25, -0.2) is 0 Å². The number of likely N-dealkylation sites (tertiary alicyclic amines) is 1. The van der Waals surface area contributed by atoms with Crippen molar-refractivity contribution in [2.45, 2.75) is 13.3 Å². The van der Waals surface area contributed by atoms with Crippen molar-refractivity contribution in [3.63, 3.8) is 0 Å². The molecule has 2 N–H and O–H groups in total. The van der Waals surface area contributed by atoms with Gasteiger partial charge in [0.2, 0.25) is 6.79 Å². The number of hydrogen-bond acceptors (Lipinski definition) is 4. The number of carbonyl (C=O) groups is 1. The fourth-order valence-corrected chi connectivity index (χ4v) is 2.43. The lowest BCUT2D eigenvalue weighted by molar-refractivity contribution is 0.0788. The van der Waals surface area contributed by atoms with Crippen LogP contribution in [0, 0.1) is 5.92 Å². The van der Waals surface area contributed by atoms with E-state index in [1.807, 2.05) is 4.90 Å². The summed E-state index contributed by atoms with van der Waals surface area (Å²) in [6.45, 7) is 3.93. The highest BCUT2D eigenvalue weighted by Gasteiger charge is 2.27. The second kappa shape index (κ2) is 4.08.